The molecule has 0 atom stereocenters. The summed E-state index contributed by atoms with van der Waals surface area (Å²) in [6.45, 7) is 2.23. The largest absolute Gasteiger partial charge is 0.353 e. The molecule has 0 radical (unpaired) electrons. The van der Waals surface area contributed by atoms with Gasteiger partial charge in [0.05, 0.1) is 17.4 Å². The van der Waals surface area contributed by atoms with Gasteiger partial charge in [0.25, 0.3) is 15.9 Å². The van der Waals surface area contributed by atoms with Gasteiger partial charge in [-0.2, -0.15) is 0 Å². The van der Waals surface area contributed by atoms with Gasteiger partial charge in [0.1, 0.15) is 10.7 Å². The van der Waals surface area contributed by atoms with Crippen LogP contribution in [0.2, 0.25) is 0 Å². The molecule has 1 aliphatic rings. The van der Waals surface area contributed by atoms with E-state index in [1.807, 2.05) is 18.2 Å². The number of hydrogen-bond acceptors (Lipinski definition) is 6. The number of piperazine rings is 1. The van der Waals surface area contributed by atoms with Gasteiger partial charge in [-0.3, -0.25) is 14.5 Å². The van der Waals surface area contributed by atoms with Crippen LogP contribution in [0.5, 0.6) is 0 Å². The highest BCUT2D eigenvalue weighted by atomic mass is 32.2. The van der Waals surface area contributed by atoms with Crippen molar-refractivity contribution in [3.63, 3.8) is 0 Å². The molecule has 1 fully saturated rings. The molecule has 3 heterocycles. The lowest BCUT2D eigenvalue weighted by Gasteiger charge is -2.35. The van der Waals surface area contributed by atoms with E-state index in [4.69, 9.17) is 0 Å². The van der Waals surface area contributed by atoms with E-state index in [0.717, 1.165) is 5.82 Å². The van der Waals surface area contributed by atoms with E-state index in [1.54, 1.807) is 47.6 Å². The number of amides is 1. The van der Waals surface area contributed by atoms with Gasteiger partial charge in [-0.25, -0.2) is 13.4 Å². The fourth-order valence-electron chi connectivity index (χ4n) is 3.36. The number of nitrogens with zero attached hydrogens (tertiary/aromatic N) is 4. The van der Waals surface area contributed by atoms with Crippen molar-refractivity contribution in [1.82, 2.24) is 14.9 Å². The Hall–Kier alpha value is -3.46. The van der Waals surface area contributed by atoms with Crippen molar-refractivity contribution >= 4 is 27.4 Å². The van der Waals surface area contributed by atoms with Gasteiger partial charge >= 0.3 is 0 Å². The molecule has 4 rings (SSSR count). The third kappa shape index (κ3) is 4.25. The van der Waals surface area contributed by atoms with E-state index in [2.05, 4.69) is 19.6 Å². The van der Waals surface area contributed by atoms with Crippen molar-refractivity contribution in [2.75, 3.05) is 35.8 Å². The smallest absolute Gasteiger partial charge is 0.262 e. The first-order valence-corrected chi connectivity index (χ1v) is 11.0. The van der Waals surface area contributed by atoms with E-state index >= 15 is 0 Å². The highest BCUT2D eigenvalue weighted by Gasteiger charge is 2.28. The summed E-state index contributed by atoms with van der Waals surface area (Å²) in [6, 6.07) is 15.2. The normalized spacial score (nSPS) is 14.4. The predicted molar refractivity (Wildman–Crippen MR) is 114 cm³/mol. The minimum absolute atomic E-state index is 0.0500. The second kappa shape index (κ2) is 8.50. The number of pyridine rings is 2. The molecular formula is C21H21N5O3S. The zero-order valence-corrected chi connectivity index (χ0v) is 17.0. The summed E-state index contributed by atoms with van der Waals surface area (Å²) in [7, 11) is -3.94. The molecule has 1 N–H and O–H groups in total. The molecule has 8 nitrogen and oxygen atoms in total. The average Bonchev–Trinajstić information content (AvgIpc) is 2.80. The minimum atomic E-state index is -3.94. The lowest BCUT2D eigenvalue weighted by molar-refractivity contribution is 0.0742. The molecule has 3 aromatic rings. The number of anilines is 2. The number of rotatable bonds is 5. The topological polar surface area (TPSA) is 95.5 Å². The zero-order valence-electron chi connectivity index (χ0n) is 16.2. The molecule has 154 valence electrons. The fraction of sp³-hybridized carbons (Fsp3) is 0.190. The summed E-state index contributed by atoms with van der Waals surface area (Å²) in [6.07, 6.45) is 4.71. The van der Waals surface area contributed by atoms with E-state index in [9.17, 15) is 13.2 Å². The third-order valence-corrected chi connectivity index (χ3v) is 6.30. The SMILES string of the molecule is O=C(c1ccccc1S(=O)(=O)Nc1cccnc1)N1CCN(c2ccccn2)CC1. The van der Waals surface area contributed by atoms with Crippen LogP contribution in [-0.2, 0) is 10.0 Å². The molecule has 2 aromatic heterocycles. The van der Waals surface area contributed by atoms with E-state index in [-0.39, 0.29) is 16.4 Å². The number of hydrogen-bond donors (Lipinski definition) is 1. The lowest BCUT2D eigenvalue weighted by atomic mass is 10.2. The number of aromatic nitrogens is 2. The third-order valence-electron chi connectivity index (χ3n) is 4.86. The zero-order chi connectivity index (χ0) is 21.0. The highest BCUT2D eigenvalue weighted by Crippen LogP contribution is 2.22. The second-order valence-corrected chi connectivity index (χ2v) is 8.46. The number of carbonyl (C=O) groups excluding carboxylic acids is 1. The van der Waals surface area contributed by atoms with E-state index < -0.39 is 10.0 Å². The number of nitrogens with one attached hydrogen (secondary N) is 1. The molecule has 0 bridgehead atoms. The van der Waals surface area contributed by atoms with Crippen LogP contribution < -0.4 is 9.62 Å². The first-order chi connectivity index (χ1) is 14.5. The summed E-state index contributed by atoms with van der Waals surface area (Å²) in [4.78, 5) is 25.1. The van der Waals surface area contributed by atoms with Crippen LogP contribution in [-0.4, -0.2) is 55.4 Å². The Labute approximate surface area is 175 Å². The summed E-state index contributed by atoms with van der Waals surface area (Å²) in [5.74, 6) is 0.566. The van der Waals surface area contributed by atoms with Gasteiger partial charge in [-0.1, -0.05) is 18.2 Å². The van der Waals surface area contributed by atoms with Crippen molar-refractivity contribution in [1.29, 1.82) is 0 Å². The first-order valence-electron chi connectivity index (χ1n) is 9.52. The van der Waals surface area contributed by atoms with Crippen molar-refractivity contribution in [3.05, 3.63) is 78.8 Å². The van der Waals surface area contributed by atoms with Gasteiger partial charge in [0.2, 0.25) is 0 Å². The average molecular weight is 423 g/mol. The Morgan fingerprint density at radius 3 is 2.37 bits per heavy atom. The molecular weight excluding hydrogens is 402 g/mol. The van der Waals surface area contributed by atoms with Gasteiger partial charge in [0.15, 0.2) is 0 Å². The summed E-state index contributed by atoms with van der Waals surface area (Å²) in [5, 5.41) is 0. The van der Waals surface area contributed by atoms with Crippen LogP contribution in [0, 0.1) is 0 Å². The van der Waals surface area contributed by atoms with Crippen LogP contribution in [0.25, 0.3) is 0 Å². The van der Waals surface area contributed by atoms with Gasteiger partial charge in [0, 0.05) is 38.6 Å². The predicted octanol–water partition coefficient (Wildman–Crippen LogP) is 2.24. The summed E-state index contributed by atoms with van der Waals surface area (Å²) >= 11 is 0. The maximum Gasteiger partial charge on any atom is 0.262 e. The van der Waals surface area contributed by atoms with E-state index in [0.29, 0.717) is 31.9 Å². The number of benzene rings is 1. The molecule has 1 aliphatic heterocycles. The van der Waals surface area contributed by atoms with Gasteiger partial charge in [-0.15, -0.1) is 0 Å². The molecule has 0 saturated carbocycles. The Bertz CT molecular complexity index is 1120. The number of carbonyl (C=O) groups is 1. The van der Waals surface area contributed by atoms with Crippen LogP contribution in [0.15, 0.2) is 78.1 Å². The molecule has 0 spiro atoms. The van der Waals surface area contributed by atoms with Crippen LogP contribution in [0.4, 0.5) is 11.5 Å². The maximum absolute atomic E-state index is 13.2. The standard InChI is InChI=1S/C21H21N5O3S/c27-21(26-14-12-25(13-15-26)20-9-3-4-11-23-20)18-7-1-2-8-19(18)30(28,29)24-17-6-5-10-22-16-17/h1-11,16,24H,12-15H2. The van der Waals surface area contributed by atoms with Crippen molar-refractivity contribution < 1.29 is 13.2 Å². The lowest BCUT2D eigenvalue weighted by Crippen LogP contribution is -2.49. The van der Waals surface area contributed by atoms with E-state index in [1.165, 1.54) is 12.3 Å². The number of sulfonamides is 1. The van der Waals surface area contributed by atoms with Crippen molar-refractivity contribution in [2.24, 2.45) is 0 Å². The summed E-state index contributed by atoms with van der Waals surface area (Å²) < 4.78 is 28.3. The van der Waals surface area contributed by atoms with Crippen LogP contribution >= 0.6 is 0 Å². The monoisotopic (exact) mass is 423 g/mol. The van der Waals surface area contributed by atoms with Crippen LogP contribution in [0.1, 0.15) is 10.4 Å². The Kier molecular flexibility index (Phi) is 5.62. The fourth-order valence-corrected chi connectivity index (χ4v) is 4.60. The minimum Gasteiger partial charge on any atom is -0.353 e. The molecule has 30 heavy (non-hydrogen) atoms. The van der Waals surface area contributed by atoms with Gasteiger partial charge < -0.3 is 9.80 Å². The first kappa shape index (κ1) is 19.8. The molecule has 1 amide bonds. The Morgan fingerprint density at radius 1 is 0.900 bits per heavy atom. The maximum atomic E-state index is 13.2. The Morgan fingerprint density at radius 2 is 1.67 bits per heavy atom. The quantitative estimate of drug-likeness (QED) is 0.676. The molecule has 1 saturated heterocycles. The summed E-state index contributed by atoms with van der Waals surface area (Å²) in [5.41, 5.74) is 0.490. The molecule has 9 heteroatoms. The second-order valence-electron chi connectivity index (χ2n) is 6.81. The molecule has 0 aliphatic carbocycles. The van der Waals surface area contributed by atoms with Gasteiger partial charge in [-0.05, 0) is 36.4 Å². The highest BCUT2D eigenvalue weighted by molar-refractivity contribution is 7.92. The Balaban J connectivity index is 1.52. The molecule has 0 unspecified atom stereocenters. The van der Waals surface area contributed by atoms with Crippen molar-refractivity contribution in [3.8, 4) is 0 Å². The van der Waals surface area contributed by atoms with Crippen LogP contribution in [0.3, 0.4) is 0 Å². The molecule has 1 aromatic carbocycles. The van der Waals surface area contributed by atoms with Crippen molar-refractivity contribution in [2.45, 2.75) is 4.90 Å².